The second kappa shape index (κ2) is 34.0. The fourth-order valence-electron chi connectivity index (χ4n) is 5.45. The molecule has 0 atom stereocenters. The average molecular weight is 591 g/mol. The molecule has 0 fully saturated rings. The quantitative estimate of drug-likeness (QED) is 0.0330. The molecule has 0 bridgehead atoms. The molecular formula is C38H70O4. The molecule has 0 saturated carbocycles. The zero-order valence-corrected chi connectivity index (χ0v) is 28.2. The third-order valence-corrected chi connectivity index (χ3v) is 8.27. The molecule has 0 aromatic heterocycles. The Balaban J connectivity index is 3.36. The number of hydrogen-bond donors (Lipinski definition) is 0. The predicted molar refractivity (Wildman–Crippen MR) is 180 cm³/mol. The second-order valence-corrected chi connectivity index (χ2v) is 12.6. The van der Waals surface area contributed by atoms with Gasteiger partial charge in [-0.05, 0) is 51.4 Å². The minimum absolute atomic E-state index is 0.341. The van der Waals surface area contributed by atoms with Crippen molar-refractivity contribution in [2.75, 3.05) is 0 Å². The number of hydrogen-bond acceptors (Lipinski definition) is 4. The Morgan fingerprint density at radius 3 is 1.02 bits per heavy atom. The number of unbranched alkanes of at least 4 members (excludes halogenated alkanes) is 23. The SMILES string of the molecule is CCCCCCCC/C=C\CCCCCCCC(=O)CCCCCCCCCC(=O)OC(=O)CCCCCCCCC. The van der Waals surface area contributed by atoms with Gasteiger partial charge in [0.1, 0.15) is 5.78 Å². The summed E-state index contributed by atoms with van der Waals surface area (Å²) in [6.07, 6.45) is 39.1. The molecule has 42 heavy (non-hydrogen) atoms. The highest BCUT2D eigenvalue weighted by Gasteiger charge is 2.10. The van der Waals surface area contributed by atoms with Crippen molar-refractivity contribution >= 4 is 17.7 Å². The molecule has 0 unspecified atom stereocenters. The van der Waals surface area contributed by atoms with Gasteiger partial charge < -0.3 is 4.74 Å². The van der Waals surface area contributed by atoms with Crippen molar-refractivity contribution in [2.45, 2.75) is 213 Å². The lowest BCUT2D eigenvalue weighted by atomic mass is 10.0. The van der Waals surface area contributed by atoms with E-state index in [0.717, 1.165) is 83.5 Å². The van der Waals surface area contributed by atoms with Crippen molar-refractivity contribution in [2.24, 2.45) is 0 Å². The number of allylic oxidation sites excluding steroid dienone is 2. The number of ether oxygens (including phenoxy) is 1. The lowest BCUT2D eigenvalue weighted by Crippen LogP contribution is -2.11. The highest BCUT2D eigenvalue weighted by molar-refractivity contribution is 5.85. The first-order valence-corrected chi connectivity index (χ1v) is 18.5. The topological polar surface area (TPSA) is 60.4 Å². The fraction of sp³-hybridized carbons (Fsp3) is 0.868. The van der Waals surface area contributed by atoms with Crippen molar-refractivity contribution < 1.29 is 19.1 Å². The van der Waals surface area contributed by atoms with Gasteiger partial charge in [0.2, 0.25) is 0 Å². The summed E-state index contributed by atoms with van der Waals surface area (Å²) in [5, 5.41) is 0. The first-order chi connectivity index (χ1) is 20.6. The maximum atomic E-state index is 12.1. The number of carbonyl (C=O) groups is 3. The minimum atomic E-state index is -0.368. The van der Waals surface area contributed by atoms with Crippen LogP contribution >= 0.6 is 0 Å². The lowest BCUT2D eigenvalue weighted by molar-refractivity contribution is -0.159. The summed E-state index contributed by atoms with van der Waals surface area (Å²) >= 11 is 0. The molecule has 4 nitrogen and oxygen atoms in total. The van der Waals surface area contributed by atoms with E-state index in [1.54, 1.807) is 0 Å². The van der Waals surface area contributed by atoms with Gasteiger partial charge >= 0.3 is 11.9 Å². The van der Waals surface area contributed by atoms with Crippen LogP contribution in [0.15, 0.2) is 12.2 Å². The van der Waals surface area contributed by atoms with Gasteiger partial charge in [0, 0.05) is 25.7 Å². The summed E-state index contributed by atoms with van der Waals surface area (Å²) in [6, 6.07) is 0. The third-order valence-electron chi connectivity index (χ3n) is 8.27. The Hall–Kier alpha value is -1.45. The molecular weight excluding hydrogens is 520 g/mol. The van der Waals surface area contributed by atoms with Crippen LogP contribution in [0.2, 0.25) is 0 Å². The molecule has 0 aliphatic carbocycles. The fourth-order valence-corrected chi connectivity index (χ4v) is 5.45. The molecule has 0 rings (SSSR count). The van der Waals surface area contributed by atoms with E-state index in [0.29, 0.717) is 18.6 Å². The van der Waals surface area contributed by atoms with Gasteiger partial charge in [0.05, 0.1) is 0 Å². The summed E-state index contributed by atoms with van der Waals surface area (Å²) < 4.78 is 4.95. The molecule has 0 amide bonds. The van der Waals surface area contributed by atoms with Gasteiger partial charge in [-0.1, -0.05) is 148 Å². The highest BCUT2D eigenvalue weighted by atomic mass is 16.6. The monoisotopic (exact) mass is 591 g/mol. The van der Waals surface area contributed by atoms with E-state index in [-0.39, 0.29) is 11.9 Å². The molecule has 246 valence electrons. The second-order valence-electron chi connectivity index (χ2n) is 12.6. The molecule has 0 saturated heterocycles. The molecule has 0 aromatic rings. The van der Waals surface area contributed by atoms with E-state index in [1.807, 2.05) is 0 Å². The zero-order valence-electron chi connectivity index (χ0n) is 28.2. The van der Waals surface area contributed by atoms with Crippen LogP contribution in [0.25, 0.3) is 0 Å². The van der Waals surface area contributed by atoms with Crippen LogP contribution in [-0.4, -0.2) is 17.7 Å². The molecule has 0 aliphatic rings. The Morgan fingerprint density at radius 1 is 0.381 bits per heavy atom. The highest BCUT2D eigenvalue weighted by Crippen LogP contribution is 2.14. The smallest absolute Gasteiger partial charge is 0.313 e. The summed E-state index contributed by atoms with van der Waals surface area (Å²) in [7, 11) is 0. The predicted octanol–water partition coefficient (Wildman–Crippen LogP) is 12.3. The number of Topliss-reactive ketones (excluding diaryl/α,β-unsaturated/α-hetero) is 1. The largest absolute Gasteiger partial charge is 0.393 e. The van der Waals surface area contributed by atoms with Crippen molar-refractivity contribution in [3.05, 3.63) is 12.2 Å². The first-order valence-electron chi connectivity index (χ1n) is 18.5. The van der Waals surface area contributed by atoms with Crippen molar-refractivity contribution in [1.82, 2.24) is 0 Å². The minimum Gasteiger partial charge on any atom is -0.393 e. The normalized spacial score (nSPS) is 11.4. The maximum absolute atomic E-state index is 12.1. The van der Waals surface area contributed by atoms with E-state index >= 15 is 0 Å². The van der Waals surface area contributed by atoms with Crippen LogP contribution in [0.3, 0.4) is 0 Å². The third kappa shape index (κ3) is 33.1. The number of carbonyl (C=O) groups excluding carboxylic acids is 3. The molecule has 0 aromatic carbocycles. The van der Waals surface area contributed by atoms with Crippen molar-refractivity contribution in [1.29, 1.82) is 0 Å². The standard InChI is InChI=1S/C38H70O4/c1-3-5-7-9-11-12-13-14-15-16-17-18-21-24-28-32-36(39)33-29-25-22-19-23-27-31-35-38(41)42-37(40)34-30-26-20-10-8-6-4-2/h14-15H,3-13,16-35H2,1-2H3/b15-14-. The maximum Gasteiger partial charge on any atom is 0.313 e. The molecule has 4 heteroatoms. The lowest BCUT2D eigenvalue weighted by Gasteiger charge is -2.04. The van der Waals surface area contributed by atoms with Crippen LogP contribution in [0, 0.1) is 0 Å². The van der Waals surface area contributed by atoms with Gasteiger partial charge in [-0.3, -0.25) is 14.4 Å². The average Bonchev–Trinajstić information content (AvgIpc) is 2.97. The van der Waals surface area contributed by atoms with Crippen molar-refractivity contribution in [3.8, 4) is 0 Å². The summed E-state index contributed by atoms with van der Waals surface area (Å²) in [5.74, 6) is -0.291. The Bertz CT molecular complexity index is 639. The van der Waals surface area contributed by atoms with Gasteiger partial charge in [0.25, 0.3) is 0 Å². The van der Waals surface area contributed by atoms with Gasteiger partial charge in [-0.25, -0.2) is 0 Å². The van der Waals surface area contributed by atoms with Crippen LogP contribution in [-0.2, 0) is 19.1 Å². The summed E-state index contributed by atoms with van der Waals surface area (Å²) in [4.78, 5) is 35.8. The molecule has 0 heterocycles. The Kier molecular flexibility index (Phi) is 32.9. The van der Waals surface area contributed by atoms with E-state index < -0.39 is 0 Å². The molecule has 0 aliphatic heterocycles. The first kappa shape index (κ1) is 40.5. The van der Waals surface area contributed by atoms with Crippen LogP contribution in [0.5, 0.6) is 0 Å². The molecule has 0 radical (unpaired) electrons. The van der Waals surface area contributed by atoms with Crippen molar-refractivity contribution in [3.63, 3.8) is 0 Å². The summed E-state index contributed by atoms with van der Waals surface area (Å²) in [5.41, 5.74) is 0. The van der Waals surface area contributed by atoms with Gasteiger partial charge in [0.15, 0.2) is 0 Å². The van der Waals surface area contributed by atoms with Gasteiger partial charge in [-0.15, -0.1) is 0 Å². The summed E-state index contributed by atoms with van der Waals surface area (Å²) in [6.45, 7) is 4.48. The van der Waals surface area contributed by atoms with E-state index in [1.165, 1.54) is 103 Å². The Morgan fingerprint density at radius 2 is 0.667 bits per heavy atom. The van der Waals surface area contributed by atoms with E-state index in [9.17, 15) is 14.4 Å². The van der Waals surface area contributed by atoms with Gasteiger partial charge in [-0.2, -0.15) is 0 Å². The molecule has 0 N–H and O–H groups in total. The van der Waals surface area contributed by atoms with Crippen LogP contribution in [0.4, 0.5) is 0 Å². The van der Waals surface area contributed by atoms with E-state index in [2.05, 4.69) is 26.0 Å². The number of rotatable bonds is 33. The van der Waals surface area contributed by atoms with E-state index in [4.69, 9.17) is 4.74 Å². The number of esters is 2. The van der Waals surface area contributed by atoms with Crippen LogP contribution < -0.4 is 0 Å². The molecule has 0 spiro atoms. The zero-order chi connectivity index (χ0) is 30.8. The van der Waals surface area contributed by atoms with Crippen LogP contribution in [0.1, 0.15) is 213 Å². The Labute approximate surface area is 261 Å². The number of ketones is 1.